The van der Waals surface area contributed by atoms with Gasteiger partial charge in [-0.25, -0.2) is 0 Å². The van der Waals surface area contributed by atoms with E-state index in [0.717, 1.165) is 18.4 Å². The van der Waals surface area contributed by atoms with E-state index < -0.39 is 0 Å². The third-order valence-corrected chi connectivity index (χ3v) is 5.97. The molecule has 1 saturated heterocycles. The highest BCUT2D eigenvalue weighted by Crippen LogP contribution is 2.46. The Morgan fingerprint density at radius 2 is 1.90 bits per heavy atom. The van der Waals surface area contributed by atoms with E-state index >= 15 is 0 Å². The molecular weight excluding hydrogens is 260 g/mol. The van der Waals surface area contributed by atoms with Gasteiger partial charge in [-0.2, -0.15) is 0 Å². The maximum atomic E-state index is 10.5. The average Bonchev–Trinajstić information content (AvgIpc) is 3.03. The molecule has 4 rings (SSSR count). The molecular formula is C19H26O2. The van der Waals surface area contributed by atoms with Gasteiger partial charge in [-0.3, -0.25) is 0 Å². The van der Waals surface area contributed by atoms with Crippen LogP contribution in [0.1, 0.15) is 68.6 Å². The number of ether oxygens (including phenoxy) is 1. The van der Waals surface area contributed by atoms with E-state index in [9.17, 15) is 5.11 Å². The molecule has 0 amide bonds. The first-order valence-electron chi connectivity index (χ1n) is 8.69. The van der Waals surface area contributed by atoms with Crippen LogP contribution in [0.25, 0.3) is 0 Å². The Hall–Kier alpha value is -0.860. The summed E-state index contributed by atoms with van der Waals surface area (Å²) in [6, 6.07) is 8.36. The molecule has 21 heavy (non-hydrogen) atoms. The van der Waals surface area contributed by atoms with Gasteiger partial charge in [0.15, 0.2) is 0 Å². The van der Waals surface area contributed by atoms with Crippen molar-refractivity contribution in [3.8, 4) is 0 Å². The third-order valence-electron chi connectivity index (χ3n) is 5.97. The van der Waals surface area contributed by atoms with Crippen LogP contribution in [0, 0.1) is 5.92 Å². The molecule has 2 aliphatic carbocycles. The number of rotatable bonds is 2. The van der Waals surface area contributed by atoms with E-state index in [1.807, 2.05) is 6.07 Å². The van der Waals surface area contributed by atoms with E-state index in [1.165, 1.54) is 50.5 Å². The SMILES string of the molecule is OC1c2ccccc2CC1CC1CCC2(CCCCC2)O1. The number of hydrogen-bond donors (Lipinski definition) is 1. The molecule has 3 unspecified atom stereocenters. The molecule has 1 N–H and O–H groups in total. The van der Waals surface area contributed by atoms with E-state index in [4.69, 9.17) is 4.74 Å². The fourth-order valence-electron chi connectivity index (χ4n) is 4.83. The lowest BCUT2D eigenvalue weighted by atomic mass is 9.83. The van der Waals surface area contributed by atoms with Crippen molar-refractivity contribution in [2.45, 2.75) is 75.6 Å². The Labute approximate surface area is 127 Å². The molecule has 1 aromatic carbocycles. The number of benzene rings is 1. The highest BCUT2D eigenvalue weighted by atomic mass is 16.5. The summed E-state index contributed by atoms with van der Waals surface area (Å²) in [5.41, 5.74) is 2.69. The van der Waals surface area contributed by atoms with E-state index in [2.05, 4.69) is 18.2 Å². The highest BCUT2D eigenvalue weighted by Gasteiger charge is 2.42. The normalized spacial score (nSPS) is 34.2. The quantitative estimate of drug-likeness (QED) is 0.884. The number of aliphatic hydroxyl groups excluding tert-OH is 1. The van der Waals surface area contributed by atoms with Crippen LogP contribution in [0.15, 0.2) is 24.3 Å². The fourth-order valence-corrected chi connectivity index (χ4v) is 4.83. The Bertz CT molecular complexity index is 504. The smallest absolute Gasteiger partial charge is 0.0825 e. The predicted molar refractivity (Wildman–Crippen MR) is 83.1 cm³/mol. The van der Waals surface area contributed by atoms with Crippen molar-refractivity contribution < 1.29 is 9.84 Å². The topological polar surface area (TPSA) is 29.5 Å². The zero-order chi connectivity index (χ0) is 14.3. The van der Waals surface area contributed by atoms with Crippen LogP contribution in [-0.4, -0.2) is 16.8 Å². The summed E-state index contributed by atoms with van der Waals surface area (Å²) in [7, 11) is 0. The summed E-state index contributed by atoms with van der Waals surface area (Å²) in [6.07, 6.45) is 11.1. The van der Waals surface area contributed by atoms with Gasteiger partial charge < -0.3 is 9.84 Å². The molecule has 3 atom stereocenters. The van der Waals surface area contributed by atoms with Gasteiger partial charge in [-0.05, 0) is 55.6 Å². The van der Waals surface area contributed by atoms with Crippen molar-refractivity contribution in [1.82, 2.24) is 0 Å². The second-order valence-corrected chi connectivity index (χ2v) is 7.37. The maximum Gasteiger partial charge on any atom is 0.0825 e. The van der Waals surface area contributed by atoms with Gasteiger partial charge in [0.1, 0.15) is 0 Å². The van der Waals surface area contributed by atoms with Crippen molar-refractivity contribution >= 4 is 0 Å². The highest BCUT2D eigenvalue weighted by molar-refractivity contribution is 5.34. The first-order chi connectivity index (χ1) is 10.3. The van der Waals surface area contributed by atoms with E-state index in [0.29, 0.717) is 12.0 Å². The molecule has 0 radical (unpaired) electrons. The molecule has 2 nitrogen and oxygen atoms in total. The third kappa shape index (κ3) is 2.53. The second-order valence-electron chi connectivity index (χ2n) is 7.37. The lowest BCUT2D eigenvalue weighted by molar-refractivity contribution is -0.0744. The van der Waals surface area contributed by atoms with Crippen LogP contribution < -0.4 is 0 Å². The maximum absolute atomic E-state index is 10.5. The van der Waals surface area contributed by atoms with Crippen molar-refractivity contribution in [2.75, 3.05) is 0 Å². The molecule has 1 spiro atoms. The van der Waals surface area contributed by atoms with Crippen LogP contribution in [0.2, 0.25) is 0 Å². The van der Waals surface area contributed by atoms with Crippen LogP contribution in [0.5, 0.6) is 0 Å². The molecule has 2 heteroatoms. The molecule has 1 aromatic rings. The number of aliphatic hydroxyl groups is 1. The lowest BCUT2D eigenvalue weighted by Gasteiger charge is -2.33. The van der Waals surface area contributed by atoms with Crippen LogP contribution >= 0.6 is 0 Å². The van der Waals surface area contributed by atoms with Crippen LogP contribution in [0.3, 0.4) is 0 Å². The first kappa shape index (κ1) is 13.8. The standard InChI is InChI=1S/C19H26O2/c20-18-15(12-14-6-2-3-7-17(14)18)13-16-8-11-19(21-16)9-4-1-5-10-19/h2-3,6-7,15-16,18,20H,1,4-5,8-13H2. The van der Waals surface area contributed by atoms with Gasteiger partial charge in [-0.15, -0.1) is 0 Å². The van der Waals surface area contributed by atoms with Gasteiger partial charge in [0.2, 0.25) is 0 Å². The summed E-state index contributed by atoms with van der Waals surface area (Å²) >= 11 is 0. The number of fused-ring (bicyclic) bond motifs is 1. The minimum atomic E-state index is -0.285. The predicted octanol–water partition coefficient (Wildman–Crippen LogP) is 4.16. The van der Waals surface area contributed by atoms with Gasteiger partial charge in [-0.1, -0.05) is 43.5 Å². The zero-order valence-electron chi connectivity index (χ0n) is 12.8. The molecule has 0 aromatic heterocycles. The second kappa shape index (κ2) is 5.40. The Morgan fingerprint density at radius 1 is 1.10 bits per heavy atom. The summed E-state index contributed by atoms with van der Waals surface area (Å²) in [4.78, 5) is 0. The van der Waals surface area contributed by atoms with Crippen molar-refractivity contribution in [3.05, 3.63) is 35.4 Å². The number of hydrogen-bond acceptors (Lipinski definition) is 2. The minimum Gasteiger partial charge on any atom is -0.388 e. The molecule has 114 valence electrons. The lowest BCUT2D eigenvalue weighted by Crippen LogP contribution is -2.32. The Kier molecular flexibility index (Phi) is 3.55. The van der Waals surface area contributed by atoms with Crippen LogP contribution in [-0.2, 0) is 11.2 Å². The first-order valence-corrected chi connectivity index (χ1v) is 8.69. The summed E-state index contributed by atoms with van der Waals surface area (Å²) in [6.45, 7) is 0. The van der Waals surface area contributed by atoms with Crippen molar-refractivity contribution in [2.24, 2.45) is 5.92 Å². The van der Waals surface area contributed by atoms with Gasteiger partial charge in [0.05, 0.1) is 17.8 Å². The van der Waals surface area contributed by atoms with Gasteiger partial charge in [0.25, 0.3) is 0 Å². The van der Waals surface area contributed by atoms with Crippen molar-refractivity contribution in [1.29, 1.82) is 0 Å². The Balaban J connectivity index is 1.40. The summed E-state index contributed by atoms with van der Waals surface area (Å²) < 4.78 is 6.49. The Morgan fingerprint density at radius 3 is 2.71 bits per heavy atom. The average molecular weight is 286 g/mol. The molecule has 2 fully saturated rings. The molecule has 1 heterocycles. The minimum absolute atomic E-state index is 0.208. The zero-order valence-corrected chi connectivity index (χ0v) is 12.8. The monoisotopic (exact) mass is 286 g/mol. The molecule has 0 bridgehead atoms. The van der Waals surface area contributed by atoms with Crippen molar-refractivity contribution in [3.63, 3.8) is 0 Å². The van der Waals surface area contributed by atoms with E-state index in [1.54, 1.807) is 0 Å². The summed E-state index contributed by atoms with van der Waals surface area (Å²) in [5, 5.41) is 10.5. The largest absolute Gasteiger partial charge is 0.388 e. The van der Waals surface area contributed by atoms with Gasteiger partial charge in [0, 0.05) is 0 Å². The van der Waals surface area contributed by atoms with Gasteiger partial charge >= 0.3 is 0 Å². The molecule has 3 aliphatic rings. The fraction of sp³-hybridized carbons (Fsp3) is 0.684. The molecule has 1 aliphatic heterocycles. The summed E-state index contributed by atoms with van der Waals surface area (Å²) in [5.74, 6) is 0.353. The molecule has 1 saturated carbocycles. The van der Waals surface area contributed by atoms with Crippen LogP contribution in [0.4, 0.5) is 0 Å². The van der Waals surface area contributed by atoms with E-state index in [-0.39, 0.29) is 11.7 Å².